The van der Waals surface area contributed by atoms with E-state index < -0.39 is 0 Å². The van der Waals surface area contributed by atoms with Crippen molar-refractivity contribution in [2.75, 3.05) is 13.2 Å². The minimum atomic E-state index is 0.565. The minimum Gasteiger partial charge on any atom is -0.378 e. The Morgan fingerprint density at radius 2 is 1.89 bits per heavy atom. The first-order valence-electron chi connectivity index (χ1n) is 8.23. The molecule has 18 heavy (non-hydrogen) atoms. The minimum absolute atomic E-state index is 0.565. The van der Waals surface area contributed by atoms with E-state index in [0.29, 0.717) is 6.10 Å². The van der Waals surface area contributed by atoms with Crippen LogP contribution in [0.2, 0.25) is 0 Å². The summed E-state index contributed by atoms with van der Waals surface area (Å²) in [6.45, 7) is 4.42. The molecule has 0 aromatic carbocycles. The van der Waals surface area contributed by atoms with Crippen LogP contribution in [-0.2, 0) is 4.74 Å². The summed E-state index contributed by atoms with van der Waals surface area (Å²) in [5, 5.41) is 3.66. The van der Waals surface area contributed by atoms with Gasteiger partial charge in [0.1, 0.15) is 0 Å². The van der Waals surface area contributed by atoms with Crippen molar-refractivity contribution in [3.63, 3.8) is 0 Å². The van der Waals surface area contributed by atoms with Crippen molar-refractivity contribution in [2.24, 2.45) is 5.92 Å². The quantitative estimate of drug-likeness (QED) is 0.695. The molecule has 2 heteroatoms. The van der Waals surface area contributed by atoms with E-state index in [9.17, 15) is 0 Å². The van der Waals surface area contributed by atoms with Crippen LogP contribution in [0, 0.1) is 5.92 Å². The number of hydrogen-bond donors (Lipinski definition) is 1. The highest BCUT2D eigenvalue weighted by Crippen LogP contribution is 2.28. The first kappa shape index (κ1) is 14.3. The monoisotopic (exact) mass is 253 g/mol. The third kappa shape index (κ3) is 4.89. The molecule has 0 bridgehead atoms. The number of hydrogen-bond acceptors (Lipinski definition) is 2. The van der Waals surface area contributed by atoms with E-state index in [-0.39, 0.29) is 0 Å². The largest absolute Gasteiger partial charge is 0.378 e. The Hall–Kier alpha value is -0.0800. The van der Waals surface area contributed by atoms with Crippen molar-refractivity contribution in [3.8, 4) is 0 Å². The van der Waals surface area contributed by atoms with Crippen LogP contribution in [0.1, 0.15) is 71.1 Å². The zero-order valence-corrected chi connectivity index (χ0v) is 12.1. The molecule has 2 atom stereocenters. The fraction of sp³-hybridized carbons (Fsp3) is 1.00. The van der Waals surface area contributed by atoms with Crippen LogP contribution in [0.5, 0.6) is 0 Å². The van der Waals surface area contributed by atoms with Gasteiger partial charge in [0.05, 0.1) is 6.10 Å². The van der Waals surface area contributed by atoms with Crippen LogP contribution >= 0.6 is 0 Å². The summed E-state index contributed by atoms with van der Waals surface area (Å²) >= 11 is 0. The number of rotatable bonds is 7. The van der Waals surface area contributed by atoms with Crippen LogP contribution in [0.25, 0.3) is 0 Å². The van der Waals surface area contributed by atoms with Crippen LogP contribution in [0.15, 0.2) is 0 Å². The summed E-state index contributed by atoms with van der Waals surface area (Å²) in [5.41, 5.74) is 0. The van der Waals surface area contributed by atoms with Crippen LogP contribution < -0.4 is 5.32 Å². The highest BCUT2D eigenvalue weighted by Gasteiger charge is 2.21. The van der Waals surface area contributed by atoms with Crippen molar-refractivity contribution < 1.29 is 4.74 Å². The molecule has 2 rings (SSSR count). The van der Waals surface area contributed by atoms with Gasteiger partial charge in [0.25, 0.3) is 0 Å². The molecule has 0 aliphatic heterocycles. The topological polar surface area (TPSA) is 21.3 Å². The summed E-state index contributed by atoms with van der Waals surface area (Å²) in [6, 6.07) is 0.809. The maximum atomic E-state index is 6.04. The van der Waals surface area contributed by atoms with Gasteiger partial charge in [-0.05, 0) is 44.6 Å². The molecule has 0 spiro atoms. The highest BCUT2D eigenvalue weighted by molar-refractivity contribution is 4.74. The summed E-state index contributed by atoms with van der Waals surface area (Å²) in [5.74, 6) is 0.931. The molecule has 0 amide bonds. The Kier molecular flexibility index (Phi) is 6.50. The molecule has 106 valence electrons. The van der Waals surface area contributed by atoms with Gasteiger partial charge in [0, 0.05) is 12.6 Å². The lowest BCUT2D eigenvalue weighted by Gasteiger charge is -2.28. The molecule has 0 saturated heterocycles. The smallest absolute Gasteiger partial charge is 0.0577 e. The predicted octanol–water partition coefficient (Wildman–Crippen LogP) is 3.89. The Balaban J connectivity index is 1.47. The maximum Gasteiger partial charge on any atom is 0.0577 e. The van der Waals surface area contributed by atoms with E-state index >= 15 is 0 Å². The van der Waals surface area contributed by atoms with E-state index in [4.69, 9.17) is 4.74 Å². The predicted molar refractivity (Wildman–Crippen MR) is 76.9 cm³/mol. The summed E-state index contributed by atoms with van der Waals surface area (Å²) < 4.78 is 6.04. The molecule has 2 unspecified atom stereocenters. The van der Waals surface area contributed by atoms with Gasteiger partial charge in [-0.15, -0.1) is 0 Å². The summed E-state index contributed by atoms with van der Waals surface area (Å²) in [6.07, 6.45) is 14.1. The van der Waals surface area contributed by atoms with Gasteiger partial charge < -0.3 is 10.1 Å². The molecule has 0 aromatic heterocycles. The number of nitrogens with one attached hydrogen (secondary N) is 1. The molecular weight excluding hydrogens is 222 g/mol. The number of ether oxygens (including phenoxy) is 1. The molecular formula is C16H31NO. The Morgan fingerprint density at radius 3 is 2.67 bits per heavy atom. The molecule has 1 N–H and O–H groups in total. The Bertz CT molecular complexity index is 213. The van der Waals surface area contributed by atoms with E-state index in [1.165, 1.54) is 64.2 Å². The van der Waals surface area contributed by atoms with E-state index in [1.54, 1.807) is 0 Å². The molecule has 2 aliphatic rings. The average molecular weight is 253 g/mol. The lowest BCUT2D eigenvalue weighted by molar-refractivity contribution is 0.0114. The fourth-order valence-electron chi connectivity index (χ4n) is 3.52. The van der Waals surface area contributed by atoms with E-state index in [1.807, 2.05) is 0 Å². The van der Waals surface area contributed by atoms with Crippen molar-refractivity contribution in [2.45, 2.75) is 83.3 Å². The van der Waals surface area contributed by atoms with E-state index in [0.717, 1.165) is 25.1 Å². The lowest BCUT2D eigenvalue weighted by atomic mass is 9.85. The van der Waals surface area contributed by atoms with Gasteiger partial charge in [-0.25, -0.2) is 0 Å². The molecule has 0 radical (unpaired) electrons. The molecule has 2 fully saturated rings. The molecule has 2 saturated carbocycles. The van der Waals surface area contributed by atoms with Crippen LogP contribution in [-0.4, -0.2) is 25.3 Å². The Morgan fingerprint density at radius 1 is 1.06 bits per heavy atom. The normalized spacial score (nSPS) is 29.8. The second-order valence-electron chi connectivity index (χ2n) is 6.22. The van der Waals surface area contributed by atoms with Crippen molar-refractivity contribution >= 4 is 0 Å². The molecule has 0 heterocycles. The third-order valence-corrected chi connectivity index (χ3v) is 4.77. The Labute approximate surface area is 113 Å². The van der Waals surface area contributed by atoms with Crippen molar-refractivity contribution in [3.05, 3.63) is 0 Å². The third-order valence-electron chi connectivity index (χ3n) is 4.77. The first-order valence-corrected chi connectivity index (χ1v) is 8.23. The van der Waals surface area contributed by atoms with Crippen LogP contribution in [0.3, 0.4) is 0 Å². The average Bonchev–Trinajstić information content (AvgIpc) is 2.92. The van der Waals surface area contributed by atoms with Crippen molar-refractivity contribution in [1.82, 2.24) is 5.32 Å². The zero-order chi connectivity index (χ0) is 12.6. The van der Waals surface area contributed by atoms with Crippen molar-refractivity contribution in [1.29, 1.82) is 0 Å². The standard InChI is InChI=1S/C16H31NO/c1-2-14-7-5-10-16(13-14)18-12-6-11-17-15-8-3-4-9-15/h14-17H,2-13H2,1H3. The second-order valence-corrected chi connectivity index (χ2v) is 6.22. The fourth-order valence-corrected chi connectivity index (χ4v) is 3.52. The van der Waals surface area contributed by atoms with Gasteiger partial charge >= 0.3 is 0 Å². The maximum absolute atomic E-state index is 6.04. The summed E-state index contributed by atoms with van der Waals surface area (Å²) in [7, 11) is 0. The SMILES string of the molecule is CCC1CCCC(OCCCNC2CCCC2)C1. The second kappa shape index (κ2) is 8.16. The lowest BCUT2D eigenvalue weighted by Crippen LogP contribution is -2.28. The van der Waals surface area contributed by atoms with Crippen LogP contribution in [0.4, 0.5) is 0 Å². The molecule has 2 nitrogen and oxygen atoms in total. The highest BCUT2D eigenvalue weighted by atomic mass is 16.5. The van der Waals surface area contributed by atoms with Gasteiger partial charge in [0.2, 0.25) is 0 Å². The first-order chi connectivity index (χ1) is 8.88. The summed E-state index contributed by atoms with van der Waals surface area (Å²) in [4.78, 5) is 0. The van der Waals surface area contributed by atoms with Gasteiger partial charge in [-0.2, -0.15) is 0 Å². The van der Waals surface area contributed by atoms with Gasteiger partial charge in [-0.3, -0.25) is 0 Å². The van der Waals surface area contributed by atoms with E-state index in [2.05, 4.69) is 12.2 Å². The zero-order valence-electron chi connectivity index (χ0n) is 12.1. The van der Waals surface area contributed by atoms with Gasteiger partial charge in [-0.1, -0.05) is 39.0 Å². The molecule has 0 aromatic rings. The van der Waals surface area contributed by atoms with Gasteiger partial charge in [0.15, 0.2) is 0 Å². The molecule has 2 aliphatic carbocycles.